The lowest BCUT2D eigenvalue weighted by Gasteiger charge is -2.41. The van der Waals surface area contributed by atoms with E-state index >= 15 is 0 Å². The average Bonchev–Trinajstić information content (AvgIpc) is 2.88. The molecule has 0 saturated carbocycles. The number of amides is 2. The summed E-state index contributed by atoms with van der Waals surface area (Å²) < 4.78 is 0. The number of likely N-dealkylation sites (N-methyl/N-ethyl adjacent to an activating group) is 1. The Hall–Kier alpha value is -3.74. The van der Waals surface area contributed by atoms with Crippen molar-refractivity contribution in [2.45, 2.75) is 31.7 Å². The Morgan fingerprint density at radius 1 is 1.06 bits per heavy atom. The molecule has 2 amide bonds. The molecule has 0 radical (unpaired) electrons. The fraction of sp³-hybridized carbons (Fsp3) is 0.308. The summed E-state index contributed by atoms with van der Waals surface area (Å²) in [6.45, 7) is 3.48. The molecule has 1 aromatic carbocycles. The van der Waals surface area contributed by atoms with Crippen LogP contribution >= 0.6 is 0 Å². The maximum Gasteiger partial charge on any atom is 0.253 e. The van der Waals surface area contributed by atoms with Crippen LogP contribution in [0.15, 0.2) is 67.0 Å². The lowest BCUT2D eigenvalue weighted by Crippen LogP contribution is -2.56. The third kappa shape index (κ3) is 4.72. The summed E-state index contributed by atoms with van der Waals surface area (Å²) in [7, 11) is 1.63. The zero-order chi connectivity index (χ0) is 23.3. The van der Waals surface area contributed by atoms with Crippen molar-refractivity contribution in [2.24, 2.45) is 0 Å². The molecule has 33 heavy (non-hydrogen) atoms. The third-order valence-corrected chi connectivity index (χ3v) is 6.27. The number of carbonyl (C=O) groups is 2. The van der Waals surface area contributed by atoms with Crippen LogP contribution in [-0.4, -0.2) is 46.8 Å². The number of nitrogens with one attached hydrogen (secondary N) is 2. The van der Waals surface area contributed by atoms with Crippen molar-refractivity contribution in [1.29, 1.82) is 0 Å². The number of aryl methyl sites for hydroxylation is 1. The van der Waals surface area contributed by atoms with E-state index in [-0.39, 0.29) is 11.8 Å². The van der Waals surface area contributed by atoms with Gasteiger partial charge in [0.15, 0.2) is 0 Å². The van der Waals surface area contributed by atoms with Crippen molar-refractivity contribution in [3.63, 3.8) is 0 Å². The lowest BCUT2D eigenvalue weighted by atomic mass is 9.75. The highest BCUT2D eigenvalue weighted by molar-refractivity contribution is 5.96. The molecule has 0 spiro atoms. The maximum absolute atomic E-state index is 13.5. The molecule has 0 bridgehead atoms. The summed E-state index contributed by atoms with van der Waals surface area (Å²) >= 11 is 0. The number of hydrogen-bond donors (Lipinski definition) is 2. The van der Waals surface area contributed by atoms with Gasteiger partial charge >= 0.3 is 0 Å². The van der Waals surface area contributed by atoms with Crippen molar-refractivity contribution in [1.82, 2.24) is 20.2 Å². The summed E-state index contributed by atoms with van der Waals surface area (Å²) in [4.78, 5) is 37.1. The minimum absolute atomic E-state index is 0.0835. The molecule has 7 heteroatoms. The van der Waals surface area contributed by atoms with Gasteiger partial charge in [0.1, 0.15) is 5.41 Å². The van der Waals surface area contributed by atoms with Crippen LogP contribution in [0.5, 0.6) is 0 Å². The smallest absolute Gasteiger partial charge is 0.253 e. The first-order chi connectivity index (χ1) is 16.0. The number of rotatable bonds is 6. The summed E-state index contributed by atoms with van der Waals surface area (Å²) in [6.07, 6.45) is 4.84. The van der Waals surface area contributed by atoms with Crippen LogP contribution in [0.2, 0.25) is 0 Å². The number of nitrogens with zero attached hydrogens (tertiary/aromatic N) is 3. The topological polar surface area (TPSA) is 87.2 Å². The Kier molecular flexibility index (Phi) is 6.68. The summed E-state index contributed by atoms with van der Waals surface area (Å²) in [5.41, 5.74) is 3.31. The van der Waals surface area contributed by atoms with Gasteiger partial charge in [0, 0.05) is 43.8 Å². The van der Waals surface area contributed by atoms with Gasteiger partial charge in [-0.3, -0.25) is 19.6 Å². The molecule has 2 N–H and O–H groups in total. The predicted octanol–water partition coefficient (Wildman–Crippen LogP) is 3.32. The Labute approximate surface area is 194 Å². The minimum atomic E-state index is -0.853. The lowest BCUT2D eigenvalue weighted by molar-refractivity contribution is -0.128. The molecule has 1 atom stereocenters. The molecule has 3 aromatic rings. The Balaban J connectivity index is 1.56. The summed E-state index contributed by atoms with van der Waals surface area (Å²) in [5.74, 6) is -0.194. The Morgan fingerprint density at radius 2 is 1.85 bits per heavy atom. The van der Waals surface area contributed by atoms with Gasteiger partial charge in [-0.2, -0.15) is 0 Å². The quantitative estimate of drug-likeness (QED) is 0.610. The molecule has 4 rings (SSSR count). The molecule has 0 unspecified atom stereocenters. The summed E-state index contributed by atoms with van der Waals surface area (Å²) in [6, 6.07) is 17.1. The summed E-state index contributed by atoms with van der Waals surface area (Å²) in [5, 5.41) is 6.18. The Bertz CT molecular complexity index is 1120. The number of aromatic nitrogens is 2. The van der Waals surface area contributed by atoms with Crippen molar-refractivity contribution in [3.8, 4) is 0 Å². The van der Waals surface area contributed by atoms with E-state index in [2.05, 4.69) is 20.6 Å². The van der Waals surface area contributed by atoms with Crippen molar-refractivity contribution in [3.05, 3.63) is 89.5 Å². The zero-order valence-corrected chi connectivity index (χ0v) is 19.0. The Morgan fingerprint density at radius 3 is 2.55 bits per heavy atom. The molecule has 1 aliphatic rings. The highest BCUT2D eigenvalue weighted by atomic mass is 16.2. The number of anilines is 1. The van der Waals surface area contributed by atoms with Gasteiger partial charge in [-0.15, -0.1) is 0 Å². The molecule has 1 saturated heterocycles. The van der Waals surface area contributed by atoms with E-state index in [9.17, 15) is 9.59 Å². The number of benzene rings is 1. The zero-order valence-electron chi connectivity index (χ0n) is 19.0. The van der Waals surface area contributed by atoms with Crippen LogP contribution in [-0.2, 0) is 16.8 Å². The molecule has 170 valence electrons. The van der Waals surface area contributed by atoms with E-state index in [0.29, 0.717) is 37.3 Å². The van der Waals surface area contributed by atoms with Crippen molar-refractivity contribution < 1.29 is 9.59 Å². The van der Waals surface area contributed by atoms with Crippen molar-refractivity contribution >= 4 is 17.5 Å². The first-order valence-corrected chi connectivity index (χ1v) is 11.2. The van der Waals surface area contributed by atoms with E-state index in [0.717, 1.165) is 23.4 Å². The van der Waals surface area contributed by atoms with Gasteiger partial charge < -0.3 is 15.5 Å². The maximum atomic E-state index is 13.5. The van der Waals surface area contributed by atoms with Gasteiger partial charge in [-0.05, 0) is 61.7 Å². The van der Waals surface area contributed by atoms with Gasteiger partial charge in [0.05, 0.1) is 17.9 Å². The molecule has 1 aliphatic heterocycles. The molecule has 1 fully saturated rings. The second-order valence-corrected chi connectivity index (χ2v) is 8.41. The first-order valence-electron chi connectivity index (χ1n) is 11.2. The van der Waals surface area contributed by atoms with Gasteiger partial charge in [-0.25, -0.2) is 0 Å². The third-order valence-electron chi connectivity index (χ3n) is 6.27. The van der Waals surface area contributed by atoms with E-state index in [1.165, 1.54) is 0 Å². The highest BCUT2D eigenvalue weighted by Gasteiger charge is 2.45. The second-order valence-electron chi connectivity index (χ2n) is 8.41. The SMILES string of the molecule is CNC(=O)[C@]1(c2ccccn2)CCCN(C(=O)c2ccc(C)c(NCc3ccccn3)c2)C1. The number of pyridine rings is 2. The number of piperidine rings is 1. The van der Waals surface area contributed by atoms with Crippen LogP contribution in [0.4, 0.5) is 5.69 Å². The van der Waals surface area contributed by atoms with Crippen molar-refractivity contribution in [2.75, 3.05) is 25.5 Å². The van der Waals surface area contributed by atoms with Gasteiger partial charge in [0.25, 0.3) is 5.91 Å². The largest absolute Gasteiger partial charge is 0.379 e. The van der Waals surface area contributed by atoms with E-state index in [4.69, 9.17) is 0 Å². The number of hydrogen-bond acceptors (Lipinski definition) is 5. The van der Waals surface area contributed by atoms with Crippen LogP contribution in [0.1, 0.15) is 40.2 Å². The van der Waals surface area contributed by atoms with E-state index in [1.54, 1.807) is 24.3 Å². The first kappa shape index (κ1) is 22.5. The fourth-order valence-corrected chi connectivity index (χ4v) is 4.44. The second kappa shape index (κ2) is 9.81. The van der Waals surface area contributed by atoms with Crippen LogP contribution in [0.3, 0.4) is 0 Å². The molecule has 2 aromatic heterocycles. The average molecular weight is 444 g/mol. The van der Waals surface area contributed by atoms with E-state index in [1.807, 2.05) is 61.5 Å². The van der Waals surface area contributed by atoms with Gasteiger partial charge in [0.2, 0.25) is 5.91 Å². The van der Waals surface area contributed by atoms with Crippen LogP contribution in [0.25, 0.3) is 0 Å². The van der Waals surface area contributed by atoms with Crippen LogP contribution < -0.4 is 10.6 Å². The highest BCUT2D eigenvalue weighted by Crippen LogP contribution is 2.34. The number of carbonyl (C=O) groups excluding carboxylic acids is 2. The monoisotopic (exact) mass is 443 g/mol. The minimum Gasteiger partial charge on any atom is -0.379 e. The normalized spacial score (nSPS) is 17.9. The molecule has 3 heterocycles. The predicted molar refractivity (Wildman–Crippen MR) is 128 cm³/mol. The molecule has 7 nitrogen and oxygen atoms in total. The molecule has 0 aliphatic carbocycles. The fourth-order valence-electron chi connectivity index (χ4n) is 4.44. The standard InChI is InChI=1S/C26H29N5O2/c1-19-10-11-20(16-22(19)30-17-21-8-3-5-13-28-21)24(32)31-15-7-12-26(18-31,25(33)27-2)23-9-4-6-14-29-23/h3-6,8-11,13-14,16,30H,7,12,15,17-18H2,1-2H3,(H,27,33)/t26-/m1/s1. The van der Waals surface area contributed by atoms with E-state index < -0.39 is 5.41 Å². The van der Waals surface area contributed by atoms with Crippen LogP contribution in [0, 0.1) is 6.92 Å². The number of likely N-dealkylation sites (tertiary alicyclic amines) is 1. The van der Waals surface area contributed by atoms with Gasteiger partial charge in [-0.1, -0.05) is 18.2 Å². The molecular formula is C26H29N5O2. The molecular weight excluding hydrogens is 414 g/mol.